The smallest absolute Gasteiger partial charge is 0.0854 e. The van der Waals surface area contributed by atoms with E-state index < -0.39 is 6.10 Å². The molecule has 134 valence electrons. The fraction of sp³-hybridized carbons (Fsp3) is 0.429. The standard InChI is InChI=1S/C21H25ClO3/c1-2-14-3-5-15(6-4-14)9-17-10-16(7-8-20(17)22)21-12-18(24)11-19(13-23)25-21/h3-8,10,18-19,21,23-24H,2,9,11-13H2,1H3. The highest BCUT2D eigenvalue weighted by molar-refractivity contribution is 6.31. The molecule has 3 rings (SSSR count). The van der Waals surface area contributed by atoms with E-state index in [0.29, 0.717) is 12.8 Å². The highest BCUT2D eigenvalue weighted by Crippen LogP contribution is 2.33. The molecule has 3 nitrogen and oxygen atoms in total. The first-order valence-corrected chi connectivity index (χ1v) is 9.27. The predicted octanol–water partition coefficient (Wildman–Crippen LogP) is 4.07. The number of hydrogen-bond acceptors (Lipinski definition) is 3. The Morgan fingerprint density at radius 1 is 1.08 bits per heavy atom. The predicted molar refractivity (Wildman–Crippen MR) is 100 cm³/mol. The summed E-state index contributed by atoms with van der Waals surface area (Å²) in [7, 11) is 0. The fourth-order valence-corrected chi connectivity index (χ4v) is 3.55. The first kappa shape index (κ1) is 18.4. The molecule has 0 saturated carbocycles. The van der Waals surface area contributed by atoms with Crippen molar-refractivity contribution in [1.29, 1.82) is 0 Å². The van der Waals surface area contributed by atoms with Gasteiger partial charge in [-0.25, -0.2) is 0 Å². The van der Waals surface area contributed by atoms with Crippen molar-refractivity contribution in [1.82, 2.24) is 0 Å². The second-order valence-corrected chi connectivity index (χ2v) is 7.16. The van der Waals surface area contributed by atoms with Crippen molar-refractivity contribution in [2.75, 3.05) is 6.61 Å². The third-order valence-electron chi connectivity index (χ3n) is 4.85. The number of aliphatic hydroxyl groups excluding tert-OH is 2. The van der Waals surface area contributed by atoms with Gasteiger partial charge in [-0.3, -0.25) is 0 Å². The third-order valence-corrected chi connectivity index (χ3v) is 5.22. The molecule has 0 radical (unpaired) electrons. The molecule has 0 aromatic heterocycles. The zero-order valence-electron chi connectivity index (χ0n) is 14.5. The Bertz CT molecular complexity index is 699. The van der Waals surface area contributed by atoms with Crippen molar-refractivity contribution >= 4 is 11.6 Å². The lowest BCUT2D eigenvalue weighted by Crippen LogP contribution is -2.33. The molecular formula is C21H25ClO3. The molecule has 1 heterocycles. The molecule has 2 N–H and O–H groups in total. The molecule has 3 unspecified atom stereocenters. The molecule has 3 atom stereocenters. The van der Waals surface area contributed by atoms with Gasteiger partial charge in [0.1, 0.15) is 0 Å². The largest absolute Gasteiger partial charge is 0.394 e. The van der Waals surface area contributed by atoms with Crippen LogP contribution in [0, 0.1) is 0 Å². The maximum atomic E-state index is 10.0. The molecule has 2 aromatic carbocycles. The Hall–Kier alpha value is -1.39. The summed E-state index contributed by atoms with van der Waals surface area (Å²) in [6, 6.07) is 14.5. The Kier molecular flexibility index (Phi) is 6.13. The van der Waals surface area contributed by atoms with Gasteiger partial charge in [0.2, 0.25) is 0 Å². The van der Waals surface area contributed by atoms with Crippen molar-refractivity contribution in [3.63, 3.8) is 0 Å². The van der Waals surface area contributed by atoms with E-state index in [1.807, 2.05) is 12.1 Å². The molecule has 0 spiro atoms. The van der Waals surface area contributed by atoms with Gasteiger partial charge in [0.25, 0.3) is 0 Å². The lowest BCUT2D eigenvalue weighted by molar-refractivity contribution is -0.113. The number of ether oxygens (including phenoxy) is 1. The molecule has 1 fully saturated rings. The van der Waals surface area contributed by atoms with Crippen molar-refractivity contribution in [3.05, 3.63) is 69.7 Å². The number of halogens is 1. The summed E-state index contributed by atoms with van der Waals surface area (Å²) in [4.78, 5) is 0. The molecule has 2 aromatic rings. The summed E-state index contributed by atoms with van der Waals surface area (Å²) in [6.07, 6.45) is 1.85. The van der Waals surface area contributed by atoms with Gasteiger partial charge in [0.05, 0.1) is 24.9 Å². The molecule has 0 amide bonds. The minimum absolute atomic E-state index is 0.0716. The second kappa shape index (κ2) is 8.33. The molecular weight excluding hydrogens is 336 g/mol. The van der Waals surface area contributed by atoms with Crippen LogP contribution in [0.2, 0.25) is 5.02 Å². The highest BCUT2D eigenvalue weighted by Gasteiger charge is 2.29. The van der Waals surface area contributed by atoms with Gasteiger partial charge in [0.15, 0.2) is 0 Å². The molecule has 1 saturated heterocycles. The van der Waals surface area contributed by atoms with Gasteiger partial charge < -0.3 is 14.9 Å². The van der Waals surface area contributed by atoms with Crippen LogP contribution in [-0.4, -0.2) is 29.0 Å². The average molecular weight is 361 g/mol. The van der Waals surface area contributed by atoms with Crippen LogP contribution in [0.1, 0.15) is 48.1 Å². The van der Waals surface area contributed by atoms with E-state index in [-0.39, 0.29) is 18.8 Å². The van der Waals surface area contributed by atoms with Crippen LogP contribution in [0.4, 0.5) is 0 Å². The topological polar surface area (TPSA) is 49.7 Å². The van der Waals surface area contributed by atoms with Crippen molar-refractivity contribution in [2.24, 2.45) is 0 Å². The van der Waals surface area contributed by atoms with E-state index in [0.717, 1.165) is 29.0 Å². The summed E-state index contributed by atoms with van der Waals surface area (Å²) in [5, 5.41) is 20.1. The maximum absolute atomic E-state index is 10.0. The Morgan fingerprint density at radius 2 is 1.80 bits per heavy atom. The van der Waals surface area contributed by atoms with Crippen LogP contribution in [0.3, 0.4) is 0 Å². The maximum Gasteiger partial charge on any atom is 0.0854 e. The summed E-state index contributed by atoms with van der Waals surface area (Å²) in [6.45, 7) is 2.07. The number of rotatable bonds is 5. The SMILES string of the molecule is CCc1ccc(Cc2cc(C3CC(O)CC(CO)O3)ccc2Cl)cc1. The zero-order valence-corrected chi connectivity index (χ0v) is 15.2. The zero-order chi connectivity index (χ0) is 17.8. The lowest BCUT2D eigenvalue weighted by Gasteiger charge is -2.32. The normalized spacial score (nSPS) is 23.6. The molecule has 25 heavy (non-hydrogen) atoms. The van der Waals surface area contributed by atoms with Gasteiger partial charge in [0, 0.05) is 17.9 Å². The van der Waals surface area contributed by atoms with Crippen LogP contribution in [0.5, 0.6) is 0 Å². The van der Waals surface area contributed by atoms with Crippen molar-refractivity contribution in [3.8, 4) is 0 Å². The Labute approximate surface area is 154 Å². The van der Waals surface area contributed by atoms with Gasteiger partial charge in [-0.05, 0) is 41.2 Å². The van der Waals surface area contributed by atoms with E-state index in [9.17, 15) is 10.2 Å². The Balaban J connectivity index is 1.79. The minimum Gasteiger partial charge on any atom is -0.394 e. The Morgan fingerprint density at radius 3 is 2.48 bits per heavy atom. The van der Waals surface area contributed by atoms with E-state index in [1.165, 1.54) is 11.1 Å². The monoisotopic (exact) mass is 360 g/mol. The van der Waals surface area contributed by atoms with Gasteiger partial charge in [-0.2, -0.15) is 0 Å². The second-order valence-electron chi connectivity index (χ2n) is 6.75. The summed E-state index contributed by atoms with van der Waals surface area (Å²) in [5.74, 6) is 0. The minimum atomic E-state index is -0.448. The molecule has 1 aliphatic heterocycles. The number of hydrogen-bond donors (Lipinski definition) is 2. The van der Waals surface area contributed by atoms with Crippen LogP contribution in [-0.2, 0) is 17.6 Å². The fourth-order valence-electron chi connectivity index (χ4n) is 3.37. The van der Waals surface area contributed by atoms with Gasteiger partial charge in [-0.15, -0.1) is 0 Å². The van der Waals surface area contributed by atoms with Crippen LogP contribution in [0.15, 0.2) is 42.5 Å². The quantitative estimate of drug-likeness (QED) is 0.845. The number of benzene rings is 2. The summed E-state index contributed by atoms with van der Waals surface area (Å²) in [5.41, 5.74) is 4.59. The molecule has 4 heteroatoms. The van der Waals surface area contributed by atoms with E-state index >= 15 is 0 Å². The summed E-state index contributed by atoms with van der Waals surface area (Å²) < 4.78 is 5.91. The third kappa shape index (κ3) is 4.62. The van der Waals surface area contributed by atoms with E-state index in [1.54, 1.807) is 0 Å². The molecule has 1 aliphatic rings. The van der Waals surface area contributed by atoms with Gasteiger partial charge >= 0.3 is 0 Å². The van der Waals surface area contributed by atoms with E-state index in [2.05, 4.69) is 37.3 Å². The molecule has 0 aliphatic carbocycles. The average Bonchev–Trinajstić information content (AvgIpc) is 2.63. The lowest BCUT2D eigenvalue weighted by atomic mass is 9.94. The number of aliphatic hydroxyl groups is 2. The summed E-state index contributed by atoms with van der Waals surface area (Å²) >= 11 is 6.40. The molecule has 0 bridgehead atoms. The highest BCUT2D eigenvalue weighted by atomic mass is 35.5. The van der Waals surface area contributed by atoms with Crippen molar-refractivity contribution < 1.29 is 14.9 Å². The van der Waals surface area contributed by atoms with Crippen LogP contribution in [0.25, 0.3) is 0 Å². The van der Waals surface area contributed by atoms with Crippen LogP contribution >= 0.6 is 11.6 Å². The number of aryl methyl sites for hydroxylation is 1. The van der Waals surface area contributed by atoms with Crippen LogP contribution < -0.4 is 0 Å². The van der Waals surface area contributed by atoms with Crippen molar-refractivity contribution in [2.45, 2.75) is 50.9 Å². The first-order valence-electron chi connectivity index (χ1n) is 8.89. The van der Waals surface area contributed by atoms with Gasteiger partial charge in [-0.1, -0.05) is 54.9 Å². The van der Waals surface area contributed by atoms with E-state index in [4.69, 9.17) is 16.3 Å². The first-order chi connectivity index (χ1) is 12.1.